The third kappa shape index (κ3) is 3.93. The number of phenols is 1. The van der Waals surface area contributed by atoms with E-state index in [1.54, 1.807) is 42.5 Å². The van der Waals surface area contributed by atoms with Gasteiger partial charge in [0.1, 0.15) is 23.9 Å². The summed E-state index contributed by atoms with van der Waals surface area (Å²) >= 11 is 0. The first-order chi connectivity index (χ1) is 14.0. The molecule has 7 nitrogen and oxygen atoms in total. The average molecular weight is 389 g/mol. The molecule has 0 aromatic heterocycles. The normalized spacial score (nSPS) is 13.8. The van der Waals surface area contributed by atoms with Crippen molar-refractivity contribution in [1.29, 1.82) is 0 Å². The number of benzene rings is 3. The molecule has 3 aromatic rings. The number of carbonyl (C=O) groups excluding carboxylic acids is 1. The number of aromatic hydroxyl groups is 1. The number of phenolic OH excluding ortho intramolecular Hbond substituents is 1. The molecule has 0 atom stereocenters. The molecule has 144 valence electrons. The van der Waals surface area contributed by atoms with Crippen LogP contribution >= 0.6 is 0 Å². The Bertz CT molecular complexity index is 1130. The summed E-state index contributed by atoms with van der Waals surface area (Å²) in [6.07, 6.45) is 1.61. The number of hydrogen-bond acceptors (Lipinski definition) is 6. The van der Waals surface area contributed by atoms with Crippen LogP contribution in [-0.2, 0) is 6.61 Å². The number of rotatable bonds is 5. The van der Waals surface area contributed by atoms with Crippen molar-refractivity contribution in [2.75, 3.05) is 0 Å². The van der Waals surface area contributed by atoms with Crippen LogP contribution in [0.15, 0.2) is 72.5 Å². The number of ether oxygens (including phenoxy) is 2. The Kier molecular flexibility index (Phi) is 4.70. The largest absolute Gasteiger partial charge is 0.508 e. The fourth-order valence-corrected chi connectivity index (χ4v) is 2.91. The molecule has 1 aliphatic rings. The third-order valence-electron chi connectivity index (χ3n) is 4.36. The highest BCUT2D eigenvalue weighted by molar-refractivity contribution is 6.14. The predicted molar refractivity (Wildman–Crippen MR) is 105 cm³/mol. The molecule has 0 aliphatic carbocycles. The first-order valence-electron chi connectivity index (χ1n) is 8.73. The van der Waals surface area contributed by atoms with Gasteiger partial charge in [0.25, 0.3) is 5.69 Å². The molecule has 0 saturated heterocycles. The Morgan fingerprint density at radius 2 is 1.86 bits per heavy atom. The SMILES string of the molecule is O=C1/C(=C/c2ccc(OCc3cccc([N+](=O)[O-])c3)cc2)Oc2cc(O)ccc21. The molecule has 1 N–H and O–H groups in total. The van der Waals surface area contributed by atoms with Crippen molar-refractivity contribution in [2.45, 2.75) is 6.61 Å². The van der Waals surface area contributed by atoms with Crippen LogP contribution in [0.25, 0.3) is 6.08 Å². The smallest absolute Gasteiger partial charge is 0.269 e. The minimum atomic E-state index is -0.447. The van der Waals surface area contributed by atoms with E-state index in [9.17, 15) is 20.0 Å². The van der Waals surface area contributed by atoms with Gasteiger partial charge in [-0.3, -0.25) is 14.9 Å². The van der Waals surface area contributed by atoms with E-state index < -0.39 is 4.92 Å². The van der Waals surface area contributed by atoms with E-state index in [0.717, 1.165) is 5.56 Å². The number of carbonyl (C=O) groups is 1. The molecule has 1 heterocycles. The molecule has 1 aliphatic heterocycles. The van der Waals surface area contributed by atoms with E-state index >= 15 is 0 Å². The minimum absolute atomic E-state index is 0.0172. The minimum Gasteiger partial charge on any atom is -0.508 e. The van der Waals surface area contributed by atoms with Crippen LogP contribution in [0.2, 0.25) is 0 Å². The van der Waals surface area contributed by atoms with Crippen molar-refractivity contribution in [3.8, 4) is 17.2 Å². The Hall–Kier alpha value is -4.13. The second-order valence-electron chi connectivity index (χ2n) is 6.40. The van der Waals surface area contributed by atoms with Crippen LogP contribution in [0.3, 0.4) is 0 Å². The zero-order valence-electron chi connectivity index (χ0n) is 15.1. The molecule has 7 heteroatoms. The summed E-state index contributed by atoms with van der Waals surface area (Å²) in [6.45, 7) is 0.197. The van der Waals surface area contributed by atoms with Crippen molar-refractivity contribution in [3.05, 3.63) is 99.3 Å². The number of non-ortho nitro benzene ring substituents is 1. The number of ketones is 1. The Balaban J connectivity index is 1.43. The number of nitrogens with zero attached hydrogens (tertiary/aromatic N) is 1. The van der Waals surface area contributed by atoms with Crippen LogP contribution in [0.4, 0.5) is 5.69 Å². The maximum Gasteiger partial charge on any atom is 0.269 e. The lowest BCUT2D eigenvalue weighted by Gasteiger charge is -2.07. The van der Waals surface area contributed by atoms with E-state index in [1.165, 1.54) is 30.3 Å². The number of hydrogen-bond donors (Lipinski definition) is 1. The van der Waals surface area contributed by atoms with E-state index in [1.807, 2.05) is 0 Å². The van der Waals surface area contributed by atoms with Crippen molar-refractivity contribution in [2.24, 2.45) is 0 Å². The number of nitro groups is 1. The van der Waals surface area contributed by atoms with Crippen molar-refractivity contribution >= 4 is 17.5 Å². The van der Waals surface area contributed by atoms with Gasteiger partial charge >= 0.3 is 0 Å². The molecule has 0 bridgehead atoms. The molecule has 0 radical (unpaired) electrons. The summed E-state index contributed by atoms with van der Waals surface area (Å²) in [7, 11) is 0. The lowest BCUT2D eigenvalue weighted by Crippen LogP contribution is -1.98. The Labute approximate surface area is 165 Å². The van der Waals surface area contributed by atoms with Gasteiger partial charge in [0.05, 0.1) is 10.5 Å². The zero-order chi connectivity index (χ0) is 20.4. The summed E-state index contributed by atoms with van der Waals surface area (Å²) in [5.41, 5.74) is 1.86. The van der Waals surface area contributed by atoms with Gasteiger partial charge < -0.3 is 14.6 Å². The van der Waals surface area contributed by atoms with Crippen LogP contribution in [0.5, 0.6) is 17.2 Å². The fourth-order valence-electron chi connectivity index (χ4n) is 2.91. The third-order valence-corrected chi connectivity index (χ3v) is 4.36. The van der Waals surface area contributed by atoms with Crippen LogP contribution in [0.1, 0.15) is 21.5 Å². The van der Waals surface area contributed by atoms with Gasteiger partial charge in [-0.1, -0.05) is 24.3 Å². The lowest BCUT2D eigenvalue weighted by atomic mass is 10.1. The monoisotopic (exact) mass is 389 g/mol. The van der Waals surface area contributed by atoms with Gasteiger partial charge in [-0.05, 0) is 41.5 Å². The number of fused-ring (bicyclic) bond motifs is 1. The van der Waals surface area contributed by atoms with Gasteiger partial charge in [0.2, 0.25) is 5.78 Å². The highest BCUT2D eigenvalue weighted by atomic mass is 16.6. The van der Waals surface area contributed by atoms with Crippen LogP contribution < -0.4 is 9.47 Å². The topological polar surface area (TPSA) is 98.9 Å². The van der Waals surface area contributed by atoms with Crippen molar-refractivity contribution in [3.63, 3.8) is 0 Å². The molecule has 0 amide bonds. The molecular weight excluding hydrogens is 374 g/mol. The first-order valence-corrected chi connectivity index (χ1v) is 8.73. The number of allylic oxidation sites excluding steroid dienone is 1. The summed E-state index contributed by atoms with van der Waals surface area (Å²) < 4.78 is 11.2. The van der Waals surface area contributed by atoms with Gasteiger partial charge in [-0.15, -0.1) is 0 Å². The highest BCUT2D eigenvalue weighted by Gasteiger charge is 2.27. The van der Waals surface area contributed by atoms with E-state index in [2.05, 4.69) is 0 Å². The lowest BCUT2D eigenvalue weighted by molar-refractivity contribution is -0.384. The van der Waals surface area contributed by atoms with Crippen LogP contribution in [-0.4, -0.2) is 15.8 Å². The molecule has 4 rings (SSSR count). The fraction of sp³-hybridized carbons (Fsp3) is 0.0455. The van der Waals surface area contributed by atoms with Gasteiger partial charge in [0, 0.05) is 18.2 Å². The molecule has 0 fully saturated rings. The Morgan fingerprint density at radius 3 is 2.62 bits per heavy atom. The van der Waals surface area contributed by atoms with E-state index in [0.29, 0.717) is 22.6 Å². The van der Waals surface area contributed by atoms with E-state index in [4.69, 9.17) is 9.47 Å². The number of nitro benzene ring substituents is 1. The molecule has 29 heavy (non-hydrogen) atoms. The second kappa shape index (κ2) is 7.47. The maximum absolute atomic E-state index is 12.4. The molecule has 3 aromatic carbocycles. The molecule has 0 saturated carbocycles. The molecular formula is C22H15NO6. The Morgan fingerprint density at radius 1 is 1.07 bits per heavy atom. The summed E-state index contributed by atoms with van der Waals surface area (Å²) in [5.74, 6) is 0.883. The summed E-state index contributed by atoms with van der Waals surface area (Å²) in [4.78, 5) is 22.8. The average Bonchev–Trinajstić information content (AvgIpc) is 3.02. The van der Waals surface area contributed by atoms with Crippen LogP contribution in [0, 0.1) is 10.1 Å². The van der Waals surface area contributed by atoms with Gasteiger partial charge in [0.15, 0.2) is 5.76 Å². The van der Waals surface area contributed by atoms with Gasteiger partial charge in [-0.25, -0.2) is 0 Å². The maximum atomic E-state index is 12.4. The van der Waals surface area contributed by atoms with Gasteiger partial charge in [-0.2, -0.15) is 0 Å². The first kappa shape index (κ1) is 18.2. The number of Topliss-reactive ketones (excluding diaryl/α,β-unsaturated/α-hetero) is 1. The highest BCUT2D eigenvalue weighted by Crippen LogP contribution is 2.34. The zero-order valence-corrected chi connectivity index (χ0v) is 15.1. The predicted octanol–water partition coefficient (Wildman–Crippen LogP) is 4.50. The summed E-state index contributed by atoms with van der Waals surface area (Å²) in [6, 6.07) is 17.7. The van der Waals surface area contributed by atoms with Crippen molar-refractivity contribution < 1.29 is 24.3 Å². The molecule has 0 spiro atoms. The van der Waals surface area contributed by atoms with E-state index in [-0.39, 0.29) is 29.6 Å². The standard InChI is InChI=1S/C22H15NO6/c24-17-6-9-19-20(12-17)29-21(22(19)25)11-14-4-7-18(8-5-14)28-13-15-2-1-3-16(10-15)23(26)27/h1-12,24H,13H2/b21-11-. The molecule has 0 unspecified atom stereocenters. The van der Waals surface area contributed by atoms with Crippen molar-refractivity contribution in [1.82, 2.24) is 0 Å². The summed E-state index contributed by atoms with van der Waals surface area (Å²) in [5, 5.41) is 20.3. The second-order valence-corrected chi connectivity index (χ2v) is 6.40. The quantitative estimate of drug-likeness (QED) is 0.392.